The molecule has 0 radical (unpaired) electrons. The van der Waals surface area contributed by atoms with Gasteiger partial charge in [0.05, 0.1) is 12.7 Å². The second kappa shape index (κ2) is 6.41. The number of benzene rings is 2. The van der Waals surface area contributed by atoms with Gasteiger partial charge in [-0.15, -0.1) is 0 Å². The Balaban J connectivity index is 2.42. The maximum atomic E-state index is 12.8. The van der Waals surface area contributed by atoms with Crippen molar-refractivity contribution in [2.45, 2.75) is 13.5 Å². The highest BCUT2D eigenvalue weighted by Gasteiger charge is 2.19. The topological polar surface area (TPSA) is 55.6 Å². The van der Waals surface area contributed by atoms with E-state index in [9.17, 15) is 4.79 Å². The fraction of sp³-hybridized carbons (Fsp3) is 0.235. The van der Waals surface area contributed by atoms with Gasteiger partial charge in [0.2, 0.25) is 0 Å². The second-order valence-corrected chi connectivity index (χ2v) is 4.90. The summed E-state index contributed by atoms with van der Waals surface area (Å²) in [5.41, 5.74) is 9.05. The van der Waals surface area contributed by atoms with Crippen molar-refractivity contribution in [3.05, 3.63) is 59.2 Å². The van der Waals surface area contributed by atoms with Crippen LogP contribution in [0, 0.1) is 6.92 Å². The van der Waals surface area contributed by atoms with Gasteiger partial charge in [-0.3, -0.25) is 4.79 Å². The number of nitrogens with two attached hydrogens (primary N) is 1. The molecular formula is C17H20N2O2. The van der Waals surface area contributed by atoms with E-state index in [2.05, 4.69) is 0 Å². The standard InChI is InChI=1S/C17H20N2O2/c1-12-8-9-16(21-3)14(10-12)17(20)19(2)15-7-5-4-6-13(15)11-18/h4-10H,11,18H2,1-3H3. The number of carbonyl (C=O) groups is 1. The molecule has 0 unspecified atom stereocenters. The van der Waals surface area contributed by atoms with E-state index < -0.39 is 0 Å². The van der Waals surface area contributed by atoms with E-state index in [1.807, 2.05) is 49.4 Å². The third-order valence-electron chi connectivity index (χ3n) is 3.46. The molecule has 1 amide bonds. The van der Waals surface area contributed by atoms with Gasteiger partial charge in [0.25, 0.3) is 5.91 Å². The van der Waals surface area contributed by atoms with Crippen molar-refractivity contribution in [1.29, 1.82) is 0 Å². The SMILES string of the molecule is COc1ccc(C)cc1C(=O)N(C)c1ccccc1CN. The number of methoxy groups -OCH3 is 1. The van der Waals surface area contributed by atoms with Crippen LogP contribution in [0.25, 0.3) is 0 Å². The summed E-state index contributed by atoms with van der Waals surface area (Å²) in [4.78, 5) is 14.4. The lowest BCUT2D eigenvalue weighted by Gasteiger charge is -2.21. The summed E-state index contributed by atoms with van der Waals surface area (Å²) in [6.45, 7) is 2.34. The molecule has 0 saturated heterocycles. The van der Waals surface area contributed by atoms with Crippen molar-refractivity contribution in [1.82, 2.24) is 0 Å². The Morgan fingerprint density at radius 3 is 2.62 bits per heavy atom. The minimum Gasteiger partial charge on any atom is -0.496 e. The number of anilines is 1. The van der Waals surface area contributed by atoms with Crippen molar-refractivity contribution in [2.24, 2.45) is 5.73 Å². The first-order valence-corrected chi connectivity index (χ1v) is 6.79. The minimum atomic E-state index is -0.114. The third-order valence-corrected chi connectivity index (χ3v) is 3.46. The van der Waals surface area contributed by atoms with Gasteiger partial charge in [-0.2, -0.15) is 0 Å². The quantitative estimate of drug-likeness (QED) is 0.939. The molecule has 0 saturated carbocycles. The molecule has 110 valence electrons. The molecular weight excluding hydrogens is 264 g/mol. The van der Waals surface area contributed by atoms with Crippen LogP contribution in [0.4, 0.5) is 5.69 Å². The smallest absolute Gasteiger partial charge is 0.261 e. The van der Waals surface area contributed by atoms with Gasteiger partial charge in [-0.05, 0) is 30.7 Å². The van der Waals surface area contributed by atoms with Crippen LogP contribution in [0.5, 0.6) is 5.75 Å². The molecule has 2 aromatic rings. The van der Waals surface area contributed by atoms with E-state index in [1.165, 1.54) is 0 Å². The van der Waals surface area contributed by atoms with Crippen molar-refractivity contribution in [2.75, 3.05) is 19.1 Å². The molecule has 0 bridgehead atoms. The molecule has 2 rings (SSSR count). The molecule has 0 aromatic heterocycles. The zero-order chi connectivity index (χ0) is 15.4. The average Bonchev–Trinajstić information content (AvgIpc) is 2.53. The second-order valence-electron chi connectivity index (χ2n) is 4.90. The van der Waals surface area contributed by atoms with Crippen molar-refractivity contribution < 1.29 is 9.53 Å². The van der Waals surface area contributed by atoms with Crippen LogP contribution in [0.15, 0.2) is 42.5 Å². The summed E-state index contributed by atoms with van der Waals surface area (Å²) in [6.07, 6.45) is 0. The fourth-order valence-corrected chi connectivity index (χ4v) is 2.29. The summed E-state index contributed by atoms with van der Waals surface area (Å²) in [5, 5.41) is 0. The number of ether oxygens (including phenoxy) is 1. The summed E-state index contributed by atoms with van der Waals surface area (Å²) in [6, 6.07) is 13.2. The Bertz CT molecular complexity index is 653. The predicted molar refractivity (Wildman–Crippen MR) is 84.8 cm³/mol. The van der Waals surface area contributed by atoms with Crippen LogP contribution in [0.1, 0.15) is 21.5 Å². The summed E-state index contributed by atoms with van der Waals surface area (Å²) in [7, 11) is 3.31. The van der Waals surface area contributed by atoms with Crippen molar-refractivity contribution in [3.63, 3.8) is 0 Å². The molecule has 2 N–H and O–H groups in total. The van der Waals surface area contributed by atoms with Gasteiger partial charge in [-0.1, -0.05) is 29.8 Å². The van der Waals surface area contributed by atoms with E-state index in [0.717, 1.165) is 16.8 Å². The lowest BCUT2D eigenvalue weighted by atomic mass is 10.1. The maximum absolute atomic E-state index is 12.8. The van der Waals surface area contributed by atoms with Gasteiger partial charge < -0.3 is 15.4 Å². The van der Waals surface area contributed by atoms with Crippen LogP contribution in [-0.2, 0) is 6.54 Å². The van der Waals surface area contributed by atoms with E-state index in [0.29, 0.717) is 17.9 Å². The molecule has 4 nitrogen and oxygen atoms in total. The van der Waals surface area contributed by atoms with Gasteiger partial charge in [0.15, 0.2) is 0 Å². The number of nitrogens with zero attached hydrogens (tertiary/aromatic N) is 1. The number of aryl methyl sites for hydroxylation is 1. The molecule has 2 aromatic carbocycles. The van der Waals surface area contributed by atoms with Crippen molar-refractivity contribution >= 4 is 11.6 Å². The van der Waals surface area contributed by atoms with E-state index in [4.69, 9.17) is 10.5 Å². The number of hydrogen-bond acceptors (Lipinski definition) is 3. The zero-order valence-electron chi connectivity index (χ0n) is 12.6. The molecule has 0 heterocycles. The minimum absolute atomic E-state index is 0.114. The number of rotatable bonds is 4. The monoisotopic (exact) mass is 284 g/mol. The Morgan fingerprint density at radius 2 is 1.95 bits per heavy atom. The van der Waals surface area contributed by atoms with Crippen LogP contribution in [-0.4, -0.2) is 20.1 Å². The van der Waals surface area contributed by atoms with Gasteiger partial charge in [0.1, 0.15) is 5.75 Å². The molecule has 4 heteroatoms. The largest absolute Gasteiger partial charge is 0.496 e. The number of amides is 1. The Hall–Kier alpha value is -2.33. The first-order chi connectivity index (χ1) is 10.1. The highest BCUT2D eigenvalue weighted by atomic mass is 16.5. The molecule has 0 aliphatic carbocycles. The predicted octanol–water partition coefficient (Wildman–Crippen LogP) is 2.74. The Kier molecular flexibility index (Phi) is 4.60. The van der Waals surface area contributed by atoms with E-state index in [-0.39, 0.29) is 5.91 Å². The van der Waals surface area contributed by atoms with Gasteiger partial charge >= 0.3 is 0 Å². The number of carbonyl (C=O) groups excluding carboxylic acids is 1. The van der Waals surface area contributed by atoms with Crippen LogP contribution >= 0.6 is 0 Å². The Morgan fingerprint density at radius 1 is 1.24 bits per heavy atom. The third kappa shape index (κ3) is 3.06. The highest BCUT2D eigenvalue weighted by molar-refractivity contribution is 6.08. The first kappa shape index (κ1) is 15.1. The van der Waals surface area contributed by atoms with Crippen LogP contribution in [0.2, 0.25) is 0 Å². The normalized spacial score (nSPS) is 10.3. The molecule has 21 heavy (non-hydrogen) atoms. The summed E-state index contributed by atoms with van der Waals surface area (Å²) >= 11 is 0. The summed E-state index contributed by atoms with van der Waals surface area (Å²) in [5.74, 6) is 0.458. The molecule has 0 spiro atoms. The first-order valence-electron chi connectivity index (χ1n) is 6.79. The number of hydrogen-bond donors (Lipinski definition) is 1. The lowest BCUT2D eigenvalue weighted by Crippen LogP contribution is -2.28. The lowest BCUT2D eigenvalue weighted by molar-refractivity contribution is 0.0990. The molecule has 0 aliphatic rings. The van der Waals surface area contributed by atoms with Crippen LogP contribution < -0.4 is 15.4 Å². The highest BCUT2D eigenvalue weighted by Crippen LogP contribution is 2.25. The fourth-order valence-electron chi connectivity index (χ4n) is 2.29. The molecule has 0 atom stereocenters. The average molecular weight is 284 g/mol. The summed E-state index contributed by atoms with van der Waals surface area (Å²) < 4.78 is 5.29. The zero-order valence-corrected chi connectivity index (χ0v) is 12.6. The van der Waals surface area contributed by atoms with Gasteiger partial charge in [-0.25, -0.2) is 0 Å². The maximum Gasteiger partial charge on any atom is 0.261 e. The van der Waals surface area contributed by atoms with E-state index in [1.54, 1.807) is 19.1 Å². The van der Waals surface area contributed by atoms with Gasteiger partial charge in [0, 0.05) is 19.3 Å². The molecule has 0 aliphatic heterocycles. The molecule has 0 fully saturated rings. The van der Waals surface area contributed by atoms with Crippen LogP contribution in [0.3, 0.4) is 0 Å². The van der Waals surface area contributed by atoms with E-state index >= 15 is 0 Å². The Labute approximate surface area is 125 Å². The number of para-hydroxylation sites is 1. The van der Waals surface area contributed by atoms with Crippen molar-refractivity contribution in [3.8, 4) is 5.75 Å².